The van der Waals surface area contributed by atoms with Crippen LogP contribution in [-0.2, 0) is 16.0 Å². The van der Waals surface area contributed by atoms with Gasteiger partial charge in [0.1, 0.15) is 0 Å². The molecule has 0 unspecified atom stereocenters. The number of nitrogens with one attached hydrogen (secondary N) is 1. The van der Waals surface area contributed by atoms with E-state index in [9.17, 15) is 9.59 Å². The van der Waals surface area contributed by atoms with E-state index >= 15 is 0 Å². The van der Waals surface area contributed by atoms with E-state index in [4.69, 9.17) is 0 Å². The Kier molecular flexibility index (Phi) is 5.28. The van der Waals surface area contributed by atoms with Crippen molar-refractivity contribution in [2.24, 2.45) is 5.92 Å². The van der Waals surface area contributed by atoms with Gasteiger partial charge in [0.25, 0.3) is 0 Å². The number of benzene rings is 1. The van der Waals surface area contributed by atoms with Crippen LogP contribution in [-0.4, -0.2) is 60.9 Å². The molecular weight excluding hydrogens is 290 g/mol. The number of rotatable bonds is 4. The number of nitrogens with zero attached hydrogens (tertiary/aromatic N) is 2. The fourth-order valence-electron chi connectivity index (χ4n) is 3.45. The second-order valence-corrected chi connectivity index (χ2v) is 6.57. The molecule has 5 heteroatoms. The monoisotopic (exact) mass is 315 g/mol. The van der Waals surface area contributed by atoms with Gasteiger partial charge in [0.05, 0.1) is 13.1 Å². The van der Waals surface area contributed by atoms with E-state index in [1.54, 1.807) is 0 Å². The molecule has 3 rings (SSSR count). The molecule has 23 heavy (non-hydrogen) atoms. The molecule has 2 saturated heterocycles. The molecule has 0 spiro atoms. The molecule has 0 radical (unpaired) electrons. The van der Waals surface area contributed by atoms with Gasteiger partial charge in [-0.25, -0.2) is 0 Å². The van der Waals surface area contributed by atoms with Gasteiger partial charge in [-0.15, -0.1) is 0 Å². The SMILES string of the molecule is O=C1CN(CC(=O)N2CCC(Cc3ccccc3)CC2)CCN1. The fraction of sp³-hybridized carbons (Fsp3) is 0.556. The van der Waals surface area contributed by atoms with Gasteiger partial charge in [0.15, 0.2) is 0 Å². The lowest BCUT2D eigenvalue weighted by Crippen LogP contribution is -2.52. The molecule has 1 N–H and O–H groups in total. The molecule has 2 aliphatic rings. The number of carbonyl (C=O) groups excluding carboxylic acids is 2. The summed E-state index contributed by atoms with van der Waals surface area (Å²) in [6.45, 7) is 3.81. The molecule has 0 aliphatic carbocycles. The smallest absolute Gasteiger partial charge is 0.236 e. The standard InChI is InChI=1S/C18H25N3O2/c22-17-13-20(11-8-19-17)14-18(23)21-9-6-16(7-10-21)12-15-4-2-1-3-5-15/h1-5,16H,6-14H2,(H,19,22). The summed E-state index contributed by atoms with van der Waals surface area (Å²) in [5.74, 6) is 0.852. The van der Waals surface area contributed by atoms with Crippen LogP contribution in [0, 0.1) is 5.92 Å². The maximum Gasteiger partial charge on any atom is 0.236 e. The van der Waals surface area contributed by atoms with Crippen molar-refractivity contribution in [3.63, 3.8) is 0 Å². The summed E-state index contributed by atoms with van der Waals surface area (Å²) in [6.07, 6.45) is 3.25. The van der Waals surface area contributed by atoms with Gasteiger partial charge in [0, 0.05) is 26.2 Å². The molecule has 5 nitrogen and oxygen atoms in total. The third kappa shape index (κ3) is 4.55. The van der Waals surface area contributed by atoms with Gasteiger partial charge in [0.2, 0.25) is 11.8 Å². The van der Waals surface area contributed by atoms with Crippen LogP contribution in [0.15, 0.2) is 30.3 Å². The average Bonchev–Trinajstić information content (AvgIpc) is 2.56. The fourth-order valence-corrected chi connectivity index (χ4v) is 3.45. The second-order valence-electron chi connectivity index (χ2n) is 6.57. The number of piperidine rings is 1. The first-order valence-corrected chi connectivity index (χ1v) is 8.51. The zero-order valence-electron chi connectivity index (χ0n) is 13.5. The molecule has 2 aliphatic heterocycles. The first-order valence-electron chi connectivity index (χ1n) is 8.51. The van der Waals surface area contributed by atoms with E-state index in [0.29, 0.717) is 25.6 Å². The van der Waals surface area contributed by atoms with Crippen molar-refractivity contribution in [2.75, 3.05) is 39.3 Å². The van der Waals surface area contributed by atoms with Gasteiger partial charge in [-0.2, -0.15) is 0 Å². The highest BCUT2D eigenvalue weighted by Crippen LogP contribution is 2.21. The van der Waals surface area contributed by atoms with Crippen molar-refractivity contribution >= 4 is 11.8 Å². The maximum atomic E-state index is 12.4. The van der Waals surface area contributed by atoms with E-state index in [0.717, 1.165) is 38.9 Å². The van der Waals surface area contributed by atoms with Crippen molar-refractivity contribution in [3.8, 4) is 0 Å². The third-order valence-corrected chi connectivity index (χ3v) is 4.81. The Balaban J connectivity index is 1.43. The molecule has 0 atom stereocenters. The van der Waals surface area contributed by atoms with Crippen LogP contribution >= 0.6 is 0 Å². The first-order chi connectivity index (χ1) is 11.2. The normalized spacial score (nSPS) is 20.3. The minimum absolute atomic E-state index is 0.0191. The minimum atomic E-state index is 0.0191. The Morgan fingerprint density at radius 1 is 1.13 bits per heavy atom. The highest BCUT2D eigenvalue weighted by atomic mass is 16.2. The molecule has 2 amide bonds. The van der Waals surface area contributed by atoms with Crippen molar-refractivity contribution in [3.05, 3.63) is 35.9 Å². The number of piperazine rings is 1. The largest absolute Gasteiger partial charge is 0.354 e. The molecule has 0 aromatic heterocycles. The Bertz CT molecular complexity index is 538. The zero-order chi connectivity index (χ0) is 16.1. The number of hydrogen-bond donors (Lipinski definition) is 1. The topological polar surface area (TPSA) is 52.7 Å². The van der Waals surface area contributed by atoms with Gasteiger partial charge in [-0.3, -0.25) is 14.5 Å². The predicted octanol–water partition coefficient (Wildman–Crippen LogP) is 0.900. The summed E-state index contributed by atoms with van der Waals surface area (Å²) in [4.78, 5) is 27.7. The average molecular weight is 315 g/mol. The van der Waals surface area contributed by atoms with E-state index in [1.165, 1.54) is 5.56 Å². The van der Waals surface area contributed by atoms with Crippen LogP contribution in [0.25, 0.3) is 0 Å². The lowest BCUT2D eigenvalue weighted by atomic mass is 9.90. The second kappa shape index (κ2) is 7.59. The molecule has 0 bridgehead atoms. The quantitative estimate of drug-likeness (QED) is 0.898. The summed E-state index contributed by atoms with van der Waals surface area (Å²) in [5, 5.41) is 2.79. The summed E-state index contributed by atoms with van der Waals surface area (Å²) < 4.78 is 0. The summed E-state index contributed by atoms with van der Waals surface area (Å²) in [5.41, 5.74) is 1.39. The Labute approximate surface area is 137 Å². The number of hydrogen-bond acceptors (Lipinski definition) is 3. The highest BCUT2D eigenvalue weighted by Gasteiger charge is 2.25. The van der Waals surface area contributed by atoms with Crippen LogP contribution in [0.2, 0.25) is 0 Å². The number of amides is 2. The van der Waals surface area contributed by atoms with Gasteiger partial charge in [-0.05, 0) is 30.7 Å². The van der Waals surface area contributed by atoms with Crippen molar-refractivity contribution < 1.29 is 9.59 Å². The van der Waals surface area contributed by atoms with Gasteiger partial charge >= 0.3 is 0 Å². The van der Waals surface area contributed by atoms with Gasteiger partial charge in [-0.1, -0.05) is 30.3 Å². The molecule has 0 saturated carbocycles. The molecule has 1 aromatic carbocycles. The van der Waals surface area contributed by atoms with Crippen molar-refractivity contribution in [1.29, 1.82) is 0 Å². The molecule has 124 valence electrons. The minimum Gasteiger partial charge on any atom is -0.354 e. The lowest BCUT2D eigenvalue weighted by Gasteiger charge is -2.34. The van der Waals surface area contributed by atoms with Crippen LogP contribution in [0.4, 0.5) is 0 Å². The molecule has 1 aromatic rings. The van der Waals surface area contributed by atoms with Crippen molar-refractivity contribution in [2.45, 2.75) is 19.3 Å². The van der Waals surface area contributed by atoms with E-state index in [1.807, 2.05) is 15.9 Å². The van der Waals surface area contributed by atoms with Crippen LogP contribution < -0.4 is 5.32 Å². The summed E-state index contributed by atoms with van der Waals surface area (Å²) in [7, 11) is 0. The number of carbonyl (C=O) groups is 2. The Hall–Kier alpha value is -1.88. The van der Waals surface area contributed by atoms with E-state index in [-0.39, 0.29) is 11.8 Å². The molecular formula is C18H25N3O2. The van der Waals surface area contributed by atoms with Crippen LogP contribution in [0.5, 0.6) is 0 Å². The third-order valence-electron chi connectivity index (χ3n) is 4.81. The van der Waals surface area contributed by atoms with Gasteiger partial charge < -0.3 is 10.2 Å². The maximum absolute atomic E-state index is 12.4. The predicted molar refractivity (Wildman–Crippen MR) is 88.9 cm³/mol. The van der Waals surface area contributed by atoms with Crippen LogP contribution in [0.3, 0.4) is 0 Å². The van der Waals surface area contributed by atoms with Crippen LogP contribution in [0.1, 0.15) is 18.4 Å². The Morgan fingerprint density at radius 2 is 1.87 bits per heavy atom. The Morgan fingerprint density at radius 3 is 2.57 bits per heavy atom. The molecule has 2 heterocycles. The zero-order valence-corrected chi connectivity index (χ0v) is 13.5. The lowest BCUT2D eigenvalue weighted by molar-refractivity contribution is -0.135. The van der Waals surface area contributed by atoms with Crippen molar-refractivity contribution in [1.82, 2.24) is 15.1 Å². The van der Waals surface area contributed by atoms with E-state index in [2.05, 4.69) is 29.6 Å². The summed E-state index contributed by atoms with van der Waals surface area (Å²) in [6, 6.07) is 10.6. The molecule has 2 fully saturated rings. The summed E-state index contributed by atoms with van der Waals surface area (Å²) >= 11 is 0. The van der Waals surface area contributed by atoms with E-state index < -0.39 is 0 Å². The highest BCUT2D eigenvalue weighted by molar-refractivity contribution is 5.81. The first kappa shape index (κ1) is 16.0. The number of likely N-dealkylation sites (tertiary alicyclic amines) is 1.